The first-order valence-electron chi connectivity index (χ1n) is 4.69. The van der Waals surface area contributed by atoms with Gasteiger partial charge in [-0.3, -0.25) is 0 Å². The SMILES string of the molecule is C=CC(C)NC(=S)NCC(C)(C)CO. The molecule has 0 aromatic carbocycles. The highest BCUT2D eigenvalue weighted by Crippen LogP contribution is 2.10. The van der Waals surface area contributed by atoms with Gasteiger partial charge in [0.2, 0.25) is 0 Å². The minimum Gasteiger partial charge on any atom is -0.396 e. The van der Waals surface area contributed by atoms with Gasteiger partial charge >= 0.3 is 0 Å². The molecule has 1 atom stereocenters. The summed E-state index contributed by atoms with van der Waals surface area (Å²) in [5.41, 5.74) is -0.150. The van der Waals surface area contributed by atoms with Crippen LogP contribution in [0.3, 0.4) is 0 Å². The quantitative estimate of drug-likeness (QED) is 0.475. The predicted molar refractivity (Wildman–Crippen MR) is 64.3 cm³/mol. The van der Waals surface area contributed by atoms with Gasteiger partial charge in [-0.15, -0.1) is 6.58 Å². The number of nitrogens with one attached hydrogen (secondary N) is 2. The summed E-state index contributed by atoms with van der Waals surface area (Å²) in [6.07, 6.45) is 1.78. The monoisotopic (exact) mass is 216 g/mol. The van der Waals surface area contributed by atoms with Crippen molar-refractivity contribution in [1.29, 1.82) is 0 Å². The van der Waals surface area contributed by atoms with E-state index < -0.39 is 0 Å². The highest BCUT2D eigenvalue weighted by Gasteiger charge is 2.16. The average molecular weight is 216 g/mol. The maximum absolute atomic E-state index is 9.02. The number of hydrogen-bond donors (Lipinski definition) is 3. The molecule has 0 amide bonds. The number of hydrogen-bond acceptors (Lipinski definition) is 2. The minimum absolute atomic E-state index is 0.139. The normalized spacial score (nSPS) is 13.1. The Morgan fingerprint density at radius 3 is 2.64 bits per heavy atom. The van der Waals surface area contributed by atoms with Gasteiger partial charge in [-0.1, -0.05) is 19.9 Å². The molecule has 1 unspecified atom stereocenters. The number of aliphatic hydroxyl groups is 1. The molecule has 14 heavy (non-hydrogen) atoms. The highest BCUT2D eigenvalue weighted by molar-refractivity contribution is 7.80. The van der Waals surface area contributed by atoms with Crippen LogP contribution in [0.4, 0.5) is 0 Å². The second kappa shape index (κ2) is 5.98. The summed E-state index contributed by atoms with van der Waals surface area (Å²) in [6.45, 7) is 10.4. The predicted octanol–water partition coefficient (Wildman–Crippen LogP) is 1.04. The van der Waals surface area contributed by atoms with Crippen molar-refractivity contribution >= 4 is 17.3 Å². The average Bonchev–Trinajstić information content (AvgIpc) is 2.15. The van der Waals surface area contributed by atoms with Crippen LogP contribution in [0.1, 0.15) is 20.8 Å². The third-order valence-corrected chi connectivity index (χ3v) is 2.13. The summed E-state index contributed by atoms with van der Waals surface area (Å²) < 4.78 is 0. The zero-order valence-corrected chi connectivity index (χ0v) is 9.95. The third-order valence-electron chi connectivity index (χ3n) is 1.87. The Bertz CT molecular complexity index is 204. The molecule has 0 radical (unpaired) electrons. The highest BCUT2D eigenvalue weighted by atomic mass is 32.1. The van der Waals surface area contributed by atoms with Crippen LogP contribution in [-0.4, -0.2) is 29.4 Å². The Kier molecular flexibility index (Phi) is 5.72. The fraction of sp³-hybridized carbons (Fsp3) is 0.700. The van der Waals surface area contributed by atoms with Crippen LogP contribution in [0.25, 0.3) is 0 Å². The molecule has 0 aromatic rings. The Balaban J connectivity index is 3.80. The fourth-order valence-corrected chi connectivity index (χ4v) is 0.950. The van der Waals surface area contributed by atoms with Gasteiger partial charge in [0.15, 0.2) is 5.11 Å². The van der Waals surface area contributed by atoms with Crippen LogP contribution < -0.4 is 10.6 Å². The molecule has 0 fully saturated rings. The lowest BCUT2D eigenvalue weighted by atomic mass is 9.95. The van der Waals surface area contributed by atoms with Crippen molar-refractivity contribution < 1.29 is 5.11 Å². The zero-order chi connectivity index (χ0) is 11.2. The van der Waals surface area contributed by atoms with Gasteiger partial charge in [0.25, 0.3) is 0 Å². The largest absolute Gasteiger partial charge is 0.396 e. The molecule has 82 valence electrons. The Morgan fingerprint density at radius 2 is 2.21 bits per heavy atom. The fourth-order valence-electron chi connectivity index (χ4n) is 0.692. The van der Waals surface area contributed by atoms with E-state index in [2.05, 4.69) is 17.2 Å². The number of thiocarbonyl (C=S) groups is 1. The van der Waals surface area contributed by atoms with Gasteiger partial charge in [0.1, 0.15) is 0 Å². The maximum Gasteiger partial charge on any atom is 0.166 e. The third kappa shape index (κ3) is 5.94. The van der Waals surface area contributed by atoms with E-state index in [-0.39, 0.29) is 18.1 Å². The molecule has 3 N–H and O–H groups in total. The lowest BCUT2D eigenvalue weighted by Crippen LogP contribution is -2.44. The molecule has 0 aliphatic carbocycles. The van der Waals surface area contributed by atoms with Crippen LogP contribution in [0, 0.1) is 5.41 Å². The van der Waals surface area contributed by atoms with Crippen molar-refractivity contribution in [2.75, 3.05) is 13.2 Å². The Hall–Kier alpha value is -0.610. The zero-order valence-electron chi connectivity index (χ0n) is 9.13. The molecule has 0 spiro atoms. The Labute approximate surface area is 91.6 Å². The van der Waals surface area contributed by atoms with E-state index in [1.54, 1.807) is 6.08 Å². The summed E-state index contributed by atoms with van der Waals surface area (Å²) >= 11 is 5.06. The molecule has 0 bridgehead atoms. The van der Waals surface area contributed by atoms with Crippen molar-refractivity contribution in [2.45, 2.75) is 26.8 Å². The summed E-state index contributed by atoms with van der Waals surface area (Å²) in [5.74, 6) is 0. The molecule has 0 saturated heterocycles. The summed E-state index contributed by atoms with van der Waals surface area (Å²) in [4.78, 5) is 0. The Morgan fingerprint density at radius 1 is 1.64 bits per heavy atom. The summed E-state index contributed by atoms with van der Waals surface area (Å²) in [6, 6.07) is 0.159. The molecule has 3 nitrogen and oxygen atoms in total. The van der Waals surface area contributed by atoms with E-state index in [1.807, 2.05) is 20.8 Å². The molecule has 0 aliphatic heterocycles. The first-order chi connectivity index (χ1) is 6.41. The van der Waals surface area contributed by atoms with E-state index in [1.165, 1.54) is 0 Å². The van der Waals surface area contributed by atoms with Crippen LogP contribution in [-0.2, 0) is 0 Å². The van der Waals surface area contributed by atoms with Crippen molar-refractivity contribution in [3.63, 3.8) is 0 Å². The minimum atomic E-state index is -0.150. The van der Waals surface area contributed by atoms with E-state index in [4.69, 9.17) is 17.3 Å². The molecule has 0 aliphatic rings. The van der Waals surface area contributed by atoms with Gasteiger partial charge in [-0.25, -0.2) is 0 Å². The first kappa shape index (κ1) is 13.4. The second-order valence-electron chi connectivity index (χ2n) is 4.17. The molecule has 0 rings (SSSR count). The van der Waals surface area contributed by atoms with E-state index in [0.717, 1.165) is 0 Å². The van der Waals surface area contributed by atoms with Crippen molar-refractivity contribution in [1.82, 2.24) is 10.6 Å². The summed E-state index contributed by atoms with van der Waals surface area (Å²) in [5, 5.41) is 15.7. The molecular formula is C10H20N2OS. The van der Waals surface area contributed by atoms with Gasteiger partial charge in [0, 0.05) is 24.6 Å². The lowest BCUT2D eigenvalue weighted by Gasteiger charge is -2.23. The van der Waals surface area contributed by atoms with Crippen molar-refractivity contribution in [3.8, 4) is 0 Å². The van der Waals surface area contributed by atoms with E-state index in [9.17, 15) is 0 Å². The molecule has 4 heteroatoms. The van der Waals surface area contributed by atoms with Gasteiger partial charge in [-0.05, 0) is 19.1 Å². The molecule has 0 aromatic heterocycles. The number of aliphatic hydroxyl groups excluding tert-OH is 1. The van der Waals surface area contributed by atoms with Gasteiger partial charge in [0.05, 0.1) is 0 Å². The van der Waals surface area contributed by atoms with Crippen LogP contribution in [0.5, 0.6) is 0 Å². The van der Waals surface area contributed by atoms with Crippen LogP contribution >= 0.6 is 12.2 Å². The van der Waals surface area contributed by atoms with Gasteiger partial charge < -0.3 is 15.7 Å². The van der Waals surface area contributed by atoms with E-state index >= 15 is 0 Å². The number of rotatable bonds is 5. The first-order valence-corrected chi connectivity index (χ1v) is 5.10. The lowest BCUT2D eigenvalue weighted by molar-refractivity contribution is 0.162. The van der Waals surface area contributed by atoms with E-state index in [0.29, 0.717) is 11.7 Å². The van der Waals surface area contributed by atoms with Crippen LogP contribution in [0.2, 0.25) is 0 Å². The van der Waals surface area contributed by atoms with Crippen molar-refractivity contribution in [3.05, 3.63) is 12.7 Å². The smallest absolute Gasteiger partial charge is 0.166 e. The van der Waals surface area contributed by atoms with Crippen LogP contribution in [0.15, 0.2) is 12.7 Å². The maximum atomic E-state index is 9.02. The summed E-state index contributed by atoms with van der Waals surface area (Å²) in [7, 11) is 0. The second-order valence-corrected chi connectivity index (χ2v) is 4.58. The topological polar surface area (TPSA) is 44.3 Å². The molecular weight excluding hydrogens is 196 g/mol. The molecule has 0 saturated carbocycles. The van der Waals surface area contributed by atoms with Gasteiger partial charge in [-0.2, -0.15) is 0 Å². The standard InChI is InChI=1S/C10H20N2OS/c1-5-8(2)12-9(14)11-6-10(3,4)7-13/h5,8,13H,1,6-7H2,2-4H3,(H2,11,12,14). The van der Waals surface area contributed by atoms with Crippen molar-refractivity contribution in [2.24, 2.45) is 5.41 Å². The molecule has 0 heterocycles.